The molecule has 0 aliphatic carbocycles. The summed E-state index contributed by atoms with van der Waals surface area (Å²) >= 11 is 0. The van der Waals surface area contributed by atoms with Crippen LogP contribution in [-0.4, -0.2) is 16.5 Å². The van der Waals surface area contributed by atoms with Crippen LogP contribution in [0.2, 0.25) is 0 Å². The van der Waals surface area contributed by atoms with Crippen molar-refractivity contribution < 1.29 is 4.42 Å². The van der Waals surface area contributed by atoms with E-state index in [-0.39, 0.29) is 0 Å². The van der Waals surface area contributed by atoms with Crippen LogP contribution in [0.4, 0.5) is 0 Å². The van der Waals surface area contributed by atoms with Gasteiger partial charge in [-0.15, -0.1) is 0 Å². The molecule has 1 fully saturated rings. The maximum absolute atomic E-state index is 5.60. The number of oxazole rings is 1. The Morgan fingerprint density at radius 2 is 2.35 bits per heavy atom. The minimum absolute atomic E-state index is 0.303. The molecule has 2 aromatic heterocycles. The van der Waals surface area contributed by atoms with Gasteiger partial charge in [-0.3, -0.25) is 0 Å². The van der Waals surface area contributed by atoms with Crippen molar-refractivity contribution in [2.45, 2.75) is 38.6 Å². The first-order valence-corrected chi connectivity index (χ1v) is 6.24. The van der Waals surface area contributed by atoms with E-state index in [1.165, 1.54) is 18.4 Å². The van der Waals surface area contributed by atoms with E-state index >= 15 is 0 Å². The molecule has 0 radical (unpaired) electrons. The third-order valence-corrected chi connectivity index (χ3v) is 3.24. The maximum Gasteiger partial charge on any atom is 0.246 e. The molecule has 0 bridgehead atoms. The Labute approximate surface area is 100 Å². The molecule has 1 N–H and O–H groups in total. The van der Waals surface area contributed by atoms with E-state index in [1.54, 1.807) is 0 Å². The zero-order valence-corrected chi connectivity index (χ0v) is 10.2. The molecular weight excluding hydrogens is 214 g/mol. The lowest BCUT2D eigenvalue weighted by Crippen LogP contribution is -2.12. The molecule has 90 valence electrons. The predicted molar refractivity (Wildman–Crippen MR) is 65.9 cm³/mol. The van der Waals surface area contributed by atoms with Crippen molar-refractivity contribution in [1.29, 1.82) is 0 Å². The summed E-state index contributed by atoms with van der Waals surface area (Å²) in [5, 5.41) is 3.47. The standard InChI is InChI=1S/C13H17N3O/c1-8(2)12-16-11-6-9(7-15-13(11)17-12)10-4-3-5-14-10/h6-8,10,14H,3-5H2,1-2H3. The smallest absolute Gasteiger partial charge is 0.246 e. The first-order valence-electron chi connectivity index (χ1n) is 6.24. The largest absolute Gasteiger partial charge is 0.422 e. The molecule has 0 aromatic carbocycles. The lowest BCUT2D eigenvalue weighted by Gasteiger charge is -2.08. The van der Waals surface area contributed by atoms with Crippen molar-refractivity contribution in [2.75, 3.05) is 6.54 Å². The van der Waals surface area contributed by atoms with Crippen molar-refractivity contribution in [3.05, 3.63) is 23.7 Å². The molecule has 3 heterocycles. The normalized spacial score (nSPS) is 20.5. The summed E-state index contributed by atoms with van der Waals surface area (Å²) in [5.74, 6) is 1.07. The van der Waals surface area contributed by atoms with Crippen LogP contribution in [0.25, 0.3) is 11.2 Å². The number of hydrogen-bond donors (Lipinski definition) is 1. The van der Waals surface area contributed by atoms with E-state index in [1.807, 2.05) is 6.20 Å². The van der Waals surface area contributed by atoms with Crippen molar-refractivity contribution in [3.8, 4) is 0 Å². The minimum atomic E-state index is 0.303. The summed E-state index contributed by atoms with van der Waals surface area (Å²) in [6.45, 7) is 5.24. The van der Waals surface area contributed by atoms with Gasteiger partial charge in [0.15, 0.2) is 5.89 Å². The Hall–Kier alpha value is -1.42. The van der Waals surface area contributed by atoms with Gasteiger partial charge in [-0.2, -0.15) is 0 Å². The zero-order chi connectivity index (χ0) is 11.8. The van der Waals surface area contributed by atoms with E-state index in [4.69, 9.17) is 4.42 Å². The molecule has 1 unspecified atom stereocenters. The number of pyridine rings is 1. The lowest BCUT2D eigenvalue weighted by molar-refractivity contribution is 0.494. The topological polar surface area (TPSA) is 51.0 Å². The van der Waals surface area contributed by atoms with Gasteiger partial charge in [0.05, 0.1) is 0 Å². The first-order chi connectivity index (χ1) is 8.24. The van der Waals surface area contributed by atoms with Crippen LogP contribution in [0.3, 0.4) is 0 Å². The Bertz CT molecular complexity index is 526. The van der Waals surface area contributed by atoms with Crippen LogP contribution < -0.4 is 5.32 Å². The highest BCUT2D eigenvalue weighted by atomic mass is 16.4. The van der Waals surface area contributed by atoms with Gasteiger partial charge in [0, 0.05) is 18.2 Å². The van der Waals surface area contributed by atoms with Gasteiger partial charge >= 0.3 is 0 Å². The summed E-state index contributed by atoms with van der Waals surface area (Å²) in [6, 6.07) is 2.53. The second-order valence-electron chi connectivity index (χ2n) is 4.95. The van der Waals surface area contributed by atoms with Crippen LogP contribution >= 0.6 is 0 Å². The van der Waals surface area contributed by atoms with Gasteiger partial charge in [-0.25, -0.2) is 9.97 Å². The summed E-state index contributed by atoms with van der Waals surface area (Å²) in [6.07, 6.45) is 4.32. The lowest BCUT2D eigenvalue weighted by atomic mass is 10.1. The third-order valence-electron chi connectivity index (χ3n) is 3.24. The van der Waals surface area contributed by atoms with E-state index in [0.29, 0.717) is 17.7 Å². The summed E-state index contributed by atoms with van der Waals surface area (Å²) in [5.41, 5.74) is 2.74. The molecule has 1 aliphatic rings. The van der Waals surface area contributed by atoms with Crippen molar-refractivity contribution >= 4 is 11.2 Å². The Morgan fingerprint density at radius 3 is 3.06 bits per heavy atom. The second kappa shape index (κ2) is 4.11. The molecule has 1 saturated heterocycles. The number of hydrogen-bond acceptors (Lipinski definition) is 4. The summed E-state index contributed by atoms with van der Waals surface area (Å²) in [7, 11) is 0. The second-order valence-corrected chi connectivity index (χ2v) is 4.95. The fourth-order valence-corrected chi connectivity index (χ4v) is 2.26. The molecule has 0 spiro atoms. The number of rotatable bonds is 2. The molecule has 0 amide bonds. The molecule has 17 heavy (non-hydrogen) atoms. The Balaban J connectivity index is 2.00. The Kier molecular flexibility index (Phi) is 2.59. The van der Waals surface area contributed by atoms with Gasteiger partial charge < -0.3 is 9.73 Å². The molecular formula is C13H17N3O. The number of nitrogens with one attached hydrogen (secondary N) is 1. The zero-order valence-electron chi connectivity index (χ0n) is 10.2. The predicted octanol–water partition coefficient (Wildman–Crippen LogP) is 2.77. The highest BCUT2D eigenvalue weighted by molar-refractivity contribution is 5.68. The number of nitrogens with zero attached hydrogens (tertiary/aromatic N) is 2. The van der Waals surface area contributed by atoms with Gasteiger partial charge in [-0.05, 0) is 31.0 Å². The quantitative estimate of drug-likeness (QED) is 0.863. The number of aromatic nitrogens is 2. The van der Waals surface area contributed by atoms with E-state index in [2.05, 4.69) is 35.2 Å². The highest BCUT2D eigenvalue weighted by Crippen LogP contribution is 2.26. The fraction of sp³-hybridized carbons (Fsp3) is 0.538. The average Bonchev–Trinajstić information content (AvgIpc) is 2.97. The third kappa shape index (κ3) is 1.93. The minimum Gasteiger partial charge on any atom is -0.422 e. The monoisotopic (exact) mass is 231 g/mol. The van der Waals surface area contributed by atoms with Crippen LogP contribution in [0, 0.1) is 0 Å². The van der Waals surface area contributed by atoms with Gasteiger partial charge in [-0.1, -0.05) is 13.8 Å². The Morgan fingerprint density at radius 1 is 1.47 bits per heavy atom. The van der Waals surface area contributed by atoms with Crippen LogP contribution in [0.15, 0.2) is 16.7 Å². The summed E-state index contributed by atoms with van der Waals surface area (Å²) < 4.78 is 5.60. The first kappa shape index (κ1) is 10.7. The average molecular weight is 231 g/mol. The van der Waals surface area contributed by atoms with Gasteiger partial charge in [0.25, 0.3) is 0 Å². The molecule has 4 heteroatoms. The fourth-order valence-electron chi connectivity index (χ4n) is 2.26. The molecule has 3 rings (SSSR count). The van der Waals surface area contributed by atoms with E-state index in [9.17, 15) is 0 Å². The van der Waals surface area contributed by atoms with E-state index < -0.39 is 0 Å². The van der Waals surface area contributed by atoms with Gasteiger partial charge in [0.1, 0.15) is 5.52 Å². The molecule has 4 nitrogen and oxygen atoms in total. The molecule has 0 saturated carbocycles. The number of fused-ring (bicyclic) bond motifs is 1. The maximum atomic E-state index is 5.60. The van der Waals surface area contributed by atoms with E-state index in [0.717, 1.165) is 18.0 Å². The molecule has 1 atom stereocenters. The van der Waals surface area contributed by atoms with Crippen molar-refractivity contribution in [2.24, 2.45) is 0 Å². The molecule has 1 aliphatic heterocycles. The van der Waals surface area contributed by atoms with Crippen LogP contribution in [-0.2, 0) is 0 Å². The van der Waals surface area contributed by atoms with Crippen molar-refractivity contribution in [1.82, 2.24) is 15.3 Å². The van der Waals surface area contributed by atoms with Crippen LogP contribution in [0.5, 0.6) is 0 Å². The van der Waals surface area contributed by atoms with Crippen LogP contribution in [0.1, 0.15) is 50.1 Å². The SMILES string of the molecule is CC(C)c1nc2cc(C3CCCN3)cnc2o1. The summed E-state index contributed by atoms with van der Waals surface area (Å²) in [4.78, 5) is 8.85. The molecule has 2 aromatic rings. The van der Waals surface area contributed by atoms with Crippen molar-refractivity contribution in [3.63, 3.8) is 0 Å². The highest BCUT2D eigenvalue weighted by Gasteiger charge is 2.18. The van der Waals surface area contributed by atoms with Gasteiger partial charge in [0.2, 0.25) is 5.71 Å².